The van der Waals surface area contributed by atoms with Gasteiger partial charge in [-0.15, -0.1) is 11.3 Å². The van der Waals surface area contributed by atoms with E-state index in [2.05, 4.69) is 21.4 Å². The maximum atomic E-state index is 12.6. The molecule has 7 nitrogen and oxygen atoms in total. The van der Waals surface area contributed by atoms with E-state index in [0.717, 1.165) is 38.6 Å². The van der Waals surface area contributed by atoms with Crippen molar-refractivity contribution >= 4 is 28.3 Å². The first kappa shape index (κ1) is 23.4. The Morgan fingerprint density at radius 3 is 2.59 bits per heavy atom. The molecule has 2 aromatic heterocycles. The second kappa shape index (κ2) is 10.0. The highest BCUT2D eigenvalue weighted by Crippen LogP contribution is 2.34. The number of carbonyl (C=O) groups excluding carboxylic acids is 1. The molecule has 2 aromatic carbocycles. The van der Waals surface area contributed by atoms with Gasteiger partial charge in [0.2, 0.25) is 0 Å². The van der Waals surface area contributed by atoms with Crippen LogP contribution in [0.4, 0.5) is 10.9 Å². The minimum Gasteiger partial charge on any atom is -0.496 e. The highest BCUT2D eigenvalue weighted by Gasteiger charge is 2.19. The van der Waals surface area contributed by atoms with E-state index in [4.69, 9.17) is 14.5 Å². The lowest BCUT2D eigenvalue weighted by atomic mass is 10.1. The van der Waals surface area contributed by atoms with E-state index >= 15 is 0 Å². The summed E-state index contributed by atoms with van der Waals surface area (Å²) in [6.07, 6.45) is 1.50. The first-order chi connectivity index (χ1) is 16.4. The second-order valence-corrected chi connectivity index (χ2v) is 8.98. The molecule has 0 aliphatic rings. The van der Waals surface area contributed by atoms with Gasteiger partial charge in [-0.25, -0.2) is 19.7 Å². The van der Waals surface area contributed by atoms with E-state index in [1.807, 2.05) is 57.2 Å². The van der Waals surface area contributed by atoms with E-state index in [1.165, 1.54) is 17.5 Å². The van der Waals surface area contributed by atoms with Crippen LogP contribution in [0, 0.1) is 20.8 Å². The molecule has 0 aliphatic heterocycles. The van der Waals surface area contributed by atoms with Gasteiger partial charge in [0, 0.05) is 22.2 Å². The minimum atomic E-state index is -0.486. The molecule has 4 aromatic rings. The van der Waals surface area contributed by atoms with Crippen LogP contribution in [0.15, 0.2) is 48.7 Å². The third kappa shape index (κ3) is 4.92. The number of methoxy groups -OCH3 is 1. The number of benzene rings is 2. The number of esters is 1. The number of anilines is 2. The van der Waals surface area contributed by atoms with Crippen molar-refractivity contribution in [3.63, 3.8) is 0 Å². The van der Waals surface area contributed by atoms with Crippen molar-refractivity contribution in [2.24, 2.45) is 0 Å². The Bertz CT molecular complexity index is 1350. The largest absolute Gasteiger partial charge is 0.496 e. The summed E-state index contributed by atoms with van der Waals surface area (Å²) in [6, 6.07) is 13.9. The average Bonchev–Trinajstić information content (AvgIpc) is 3.19. The fraction of sp³-hybridized carbons (Fsp3) is 0.231. The van der Waals surface area contributed by atoms with Crippen molar-refractivity contribution in [3.8, 4) is 28.4 Å². The van der Waals surface area contributed by atoms with Gasteiger partial charge in [0.25, 0.3) is 0 Å². The van der Waals surface area contributed by atoms with Crippen LogP contribution in [0.2, 0.25) is 0 Å². The van der Waals surface area contributed by atoms with Gasteiger partial charge in [0.05, 0.1) is 19.4 Å². The van der Waals surface area contributed by atoms with Gasteiger partial charge in [-0.3, -0.25) is 0 Å². The first-order valence-electron chi connectivity index (χ1n) is 10.9. The molecule has 8 heteroatoms. The van der Waals surface area contributed by atoms with Crippen LogP contribution in [0.3, 0.4) is 0 Å². The van der Waals surface area contributed by atoms with Gasteiger partial charge in [0.1, 0.15) is 11.3 Å². The SMILES string of the molecule is CCOC(=O)c1cnc(-c2cccc(C)c2)nc1Nc1nc(-c2ccc(OC)c(C)c2)c(C)s1. The Hall–Kier alpha value is -3.78. The Balaban J connectivity index is 1.72. The Kier molecular flexibility index (Phi) is 6.88. The van der Waals surface area contributed by atoms with E-state index < -0.39 is 5.97 Å². The lowest BCUT2D eigenvalue weighted by Crippen LogP contribution is -2.11. The molecule has 1 N–H and O–H groups in total. The third-order valence-electron chi connectivity index (χ3n) is 5.25. The highest BCUT2D eigenvalue weighted by molar-refractivity contribution is 7.16. The molecule has 0 amide bonds. The number of thiazole rings is 1. The summed E-state index contributed by atoms with van der Waals surface area (Å²) in [4.78, 5) is 27.5. The van der Waals surface area contributed by atoms with Crippen LogP contribution in [-0.4, -0.2) is 34.6 Å². The van der Waals surface area contributed by atoms with Crippen molar-refractivity contribution in [2.75, 3.05) is 19.0 Å². The number of carbonyl (C=O) groups is 1. The van der Waals surface area contributed by atoms with Crippen LogP contribution in [0.1, 0.15) is 33.3 Å². The number of hydrogen-bond acceptors (Lipinski definition) is 8. The van der Waals surface area contributed by atoms with Gasteiger partial charge in [-0.05, 0) is 57.5 Å². The Labute approximate surface area is 202 Å². The zero-order chi connectivity index (χ0) is 24.2. The predicted octanol–water partition coefficient (Wildman–Crippen LogP) is 6.12. The lowest BCUT2D eigenvalue weighted by molar-refractivity contribution is 0.0526. The van der Waals surface area contributed by atoms with Gasteiger partial charge in [-0.2, -0.15) is 0 Å². The van der Waals surface area contributed by atoms with E-state index in [0.29, 0.717) is 16.8 Å². The van der Waals surface area contributed by atoms with Crippen molar-refractivity contribution in [2.45, 2.75) is 27.7 Å². The topological polar surface area (TPSA) is 86.2 Å². The van der Waals surface area contributed by atoms with E-state index in [9.17, 15) is 4.79 Å². The van der Waals surface area contributed by atoms with Crippen LogP contribution >= 0.6 is 11.3 Å². The monoisotopic (exact) mass is 474 g/mol. The van der Waals surface area contributed by atoms with Gasteiger partial charge < -0.3 is 14.8 Å². The number of nitrogens with zero attached hydrogens (tertiary/aromatic N) is 3. The first-order valence-corrected chi connectivity index (χ1v) is 11.7. The standard InChI is InChI=1S/C26H26N4O3S/c1-6-33-25(31)20-14-27-23(19-9-7-8-15(2)12-19)29-24(20)30-26-28-22(17(4)34-26)18-10-11-21(32-5)16(3)13-18/h7-14H,6H2,1-5H3,(H,27,28,29,30). The van der Waals surface area contributed by atoms with Crippen molar-refractivity contribution < 1.29 is 14.3 Å². The molecular formula is C26H26N4O3S. The summed E-state index contributed by atoms with van der Waals surface area (Å²) in [6.45, 7) is 8.05. The van der Waals surface area contributed by atoms with Crippen molar-refractivity contribution in [1.82, 2.24) is 15.0 Å². The van der Waals surface area contributed by atoms with Gasteiger partial charge >= 0.3 is 5.97 Å². The molecule has 4 rings (SSSR count). The summed E-state index contributed by atoms with van der Waals surface area (Å²) >= 11 is 1.49. The fourth-order valence-electron chi connectivity index (χ4n) is 3.60. The number of hydrogen-bond donors (Lipinski definition) is 1. The second-order valence-electron chi connectivity index (χ2n) is 7.78. The summed E-state index contributed by atoms with van der Waals surface area (Å²) < 4.78 is 10.6. The highest BCUT2D eigenvalue weighted by atomic mass is 32.1. The molecule has 0 bridgehead atoms. The number of ether oxygens (including phenoxy) is 2. The molecule has 0 spiro atoms. The number of nitrogens with one attached hydrogen (secondary N) is 1. The predicted molar refractivity (Wildman–Crippen MR) is 135 cm³/mol. The van der Waals surface area contributed by atoms with Crippen LogP contribution in [-0.2, 0) is 4.74 Å². The molecule has 0 saturated heterocycles. The molecule has 0 atom stereocenters. The third-order valence-corrected chi connectivity index (χ3v) is 6.14. The molecule has 2 heterocycles. The maximum absolute atomic E-state index is 12.6. The molecule has 0 aliphatic carbocycles. The summed E-state index contributed by atoms with van der Waals surface area (Å²) in [7, 11) is 1.66. The average molecular weight is 475 g/mol. The molecule has 0 saturated carbocycles. The lowest BCUT2D eigenvalue weighted by Gasteiger charge is -2.10. The quantitative estimate of drug-likeness (QED) is 0.323. The molecule has 34 heavy (non-hydrogen) atoms. The summed E-state index contributed by atoms with van der Waals surface area (Å²) in [5, 5.41) is 3.86. The van der Waals surface area contributed by atoms with E-state index in [1.54, 1.807) is 14.0 Å². The normalized spacial score (nSPS) is 10.7. The zero-order valence-corrected chi connectivity index (χ0v) is 20.6. The van der Waals surface area contributed by atoms with Crippen molar-refractivity contribution in [3.05, 3.63) is 70.2 Å². The van der Waals surface area contributed by atoms with Gasteiger partial charge in [-0.1, -0.05) is 23.8 Å². The maximum Gasteiger partial charge on any atom is 0.343 e. The molecular weight excluding hydrogens is 448 g/mol. The molecule has 0 fully saturated rings. The number of aryl methyl sites for hydroxylation is 3. The smallest absolute Gasteiger partial charge is 0.343 e. The summed E-state index contributed by atoms with van der Waals surface area (Å²) in [5.74, 6) is 1.22. The molecule has 174 valence electrons. The van der Waals surface area contributed by atoms with Crippen molar-refractivity contribution in [1.29, 1.82) is 0 Å². The molecule has 0 unspecified atom stereocenters. The zero-order valence-electron chi connectivity index (χ0n) is 19.8. The van der Waals surface area contributed by atoms with E-state index in [-0.39, 0.29) is 12.2 Å². The van der Waals surface area contributed by atoms with Crippen LogP contribution < -0.4 is 10.1 Å². The molecule has 0 radical (unpaired) electrons. The number of rotatable bonds is 7. The summed E-state index contributed by atoms with van der Waals surface area (Å²) in [5.41, 5.74) is 5.11. The van der Waals surface area contributed by atoms with Gasteiger partial charge in [0.15, 0.2) is 16.8 Å². The fourth-order valence-corrected chi connectivity index (χ4v) is 4.44. The minimum absolute atomic E-state index is 0.257. The number of aromatic nitrogens is 3. The van der Waals surface area contributed by atoms with Crippen LogP contribution in [0.5, 0.6) is 5.75 Å². The van der Waals surface area contributed by atoms with Crippen LogP contribution in [0.25, 0.3) is 22.6 Å². The Morgan fingerprint density at radius 2 is 1.88 bits per heavy atom. The Morgan fingerprint density at radius 1 is 1.06 bits per heavy atom.